The maximum absolute atomic E-state index is 13.4. The predicted molar refractivity (Wildman–Crippen MR) is 119 cm³/mol. The first-order valence-electron chi connectivity index (χ1n) is 10.2. The molecule has 0 amide bonds. The molecular formula is C23H29FN4O2. The van der Waals surface area contributed by atoms with Gasteiger partial charge in [0.25, 0.3) is 0 Å². The van der Waals surface area contributed by atoms with Crippen molar-refractivity contribution in [1.82, 2.24) is 4.98 Å². The molecule has 1 saturated heterocycles. The molecule has 1 fully saturated rings. The maximum atomic E-state index is 13.4. The van der Waals surface area contributed by atoms with E-state index in [0.29, 0.717) is 25.6 Å². The fourth-order valence-corrected chi connectivity index (χ4v) is 3.19. The first-order valence-corrected chi connectivity index (χ1v) is 10.2. The van der Waals surface area contributed by atoms with Gasteiger partial charge in [-0.2, -0.15) is 0 Å². The Hall–Kier alpha value is -2.80. The Kier molecular flexibility index (Phi) is 7.90. The third-order valence-corrected chi connectivity index (χ3v) is 4.68. The van der Waals surface area contributed by atoms with Crippen LogP contribution in [0.25, 0.3) is 0 Å². The lowest BCUT2D eigenvalue weighted by Crippen LogP contribution is -2.32. The number of halogens is 1. The van der Waals surface area contributed by atoms with E-state index in [1.807, 2.05) is 32.2 Å². The van der Waals surface area contributed by atoms with Crippen LogP contribution in [0.15, 0.2) is 52.6 Å². The number of hydrogen-bond acceptors (Lipinski definition) is 6. The van der Waals surface area contributed by atoms with Crippen molar-refractivity contribution in [3.05, 3.63) is 54.0 Å². The summed E-state index contributed by atoms with van der Waals surface area (Å²) in [6.07, 6.45) is 4.57. The molecule has 2 aromatic rings. The highest BCUT2D eigenvalue weighted by Crippen LogP contribution is 2.18. The minimum absolute atomic E-state index is 0.0643. The summed E-state index contributed by atoms with van der Waals surface area (Å²) in [5.74, 6) is 0.332. The average Bonchev–Trinajstić information content (AvgIpc) is 3.24. The van der Waals surface area contributed by atoms with E-state index >= 15 is 0 Å². The Morgan fingerprint density at radius 1 is 1.30 bits per heavy atom. The van der Waals surface area contributed by atoms with E-state index in [9.17, 15) is 4.39 Å². The average molecular weight is 413 g/mol. The van der Waals surface area contributed by atoms with Crippen LogP contribution in [0.5, 0.6) is 5.88 Å². The van der Waals surface area contributed by atoms with E-state index in [-0.39, 0.29) is 18.0 Å². The van der Waals surface area contributed by atoms with E-state index < -0.39 is 0 Å². The molecule has 2 heterocycles. The molecule has 3 rings (SSSR count). The fraction of sp³-hybridized carbons (Fsp3) is 0.435. The third-order valence-electron chi connectivity index (χ3n) is 4.68. The van der Waals surface area contributed by atoms with Crippen LogP contribution in [0, 0.1) is 5.82 Å². The van der Waals surface area contributed by atoms with Crippen molar-refractivity contribution in [2.45, 2.75) is 32.4 Å². The summed E-state index contributed by atoms with van der Waals surface area (Å²) >= 11 is 0. The summed E-state index contributed by atoms with van der Waals surface area (Å²) in [6.45, 7) is 6.56. The van der Waals surface area contributed by atoms with Crippen LogP contribution >= 0.6 is 0 Å². The number of ether oxygens (including phenoxy) is 2. The van der Waals surface area contributed by atoms with Gasteiger partial charge in [0, 0.05) is 49.2 Å². The second kappa shape index (κ2) is 10.8. The molecule has 1 aromatic heterocycles. The number of hydrogen-bond donors (Lipinski definition) is 0. The van der Waals surface area contributed by atoms with Crippen LogP contribution in [-0.2, 0) is 4.74 Å². The highest BCUT2D eigenvalue weighted by molar-refractivity contribution is 6.03. The Morgan fingerprint density at radius 3 is 2.70 bits per heavy atom. The Morgan fingerprint density at radius 2 is 2.10 bits per heavy atom. The predicted octanol–water partition coefficient (Wildman–Crippen LogP) is 3.79. The Labute approximate surface area is 177 Å². The van der Waals surface area contributed by atoms with Crippen LogP contribution in [0.2, 0.25) is 0 Å². The van der Waals surface area contributed by atoms with Gasteiger partial charge >= 0.3 is 0 Å². The number of pyridine rings is 1. The van der Waals surface area contributed by atoms with Crippen molar-refractivity contribution >= 4 is 17.6 Å². The van der Waals surface area contributed by atoms with Crippen molar-refractivity contribution in [3.63, 3.8) is 0 Å². The third kappa shape index (κ3) is 6.35. The van der Waals surface area contributed by atoms with Crippen molar-refractivity contribution < 1.29 is 13.9 Å². The molecule has 160 valence electrons. The van der Waals surface area contributed by atoms with Crippen LogP contribution in [0.1, 0.15) is 25.8 Å². The van der Waals surface area contributed by atoms with E-state index in [2.05, 4.69) is 14.9 Å². The largest absolute Gasteiger partial charge is 0.472 e. The number of rotatable bonds is 9. The normalized spacial score (nSPS) is 17.1. The second-order valence-corrected chi connectivity index (χ2v) is 7.46. The van der Waals surface area contributed by atoms with Crippen molar-refractivity contribution in [2.24, 2.45) is 9.98 Å². The fourth-order valence-electron chi connectivity index (χ4n) is 3.19. The minimum atomic E-state index is -0.258. The molecule has 0 aliphatic carbocycles. The summed E-state index contributed by atoms with van der Waals surface area (Å²) in [7, 11) is 1.74. The summed E-state index contributed by atoms with van der Waals surface area (Å²) < 4.78 is 24.6. The highest BCUT2D eigenvalue weighted by atomic mass is 19.1. The van der Waals surface area contributed by atoms with Gasteiger partial charge in [-0.15, -0.1) is 0 Å². The molecule has 1 aliphatic rings. The SMILES string of the molecule is CN=CCN(CC(=NC(C)C)c1ccc(OC2CCOC2)nc1)c1ccc(F)cc1. The topological polar surface area (TPSA) is 59.3 Å². The first kappa shape index (κ1) is 21.9. The van der Waals surface area contributed by atoms with E-state index in [1.165, 1.54) is 12.1 Å². The van der Waals surface area contributed by atoms with Gasteiger partial charge in [0.2, 0.25) is 5.88 Å². The van der Waals surface area contributed by atoms with Gasteiger partial charge in [-0.25, -0.2) is 9.37 Å². The van der Waals surface area contributed by atoms with Gasteiger partial charge in [0.15, 0.2) is 0 Å². The van der Waals surface area contributed by atoms with Crippen LogP contribution in [-0.4, -0.2) is 62.4 Å². The molecule has 30 heavy (non-hydrogen) atoms. The van der Waals surface area contributed by atoms with E-state index in [1.54, 1.807) is 25.4 Å². The molecule has 1 unspecified atom stereocenters. The zero-order valence-electron chi connectivity index (χ0n) is 17.8. The van der Waals surface area contributed by atoms with Crippen molar-refractivity contribution in [1.29, 1.82) is 0 Å². The Bertz CT molecular complexity index is 845. The molecule has 0 radical (unpaired) electrons. The molecule has 1 atom stereocenters. The molecule has 0 saturated carbocycles. The zero-order chi connectivity index (χ0) is 21.3. The van der Waals surface area contributed by atoms with Gasteiger partial charge < -0.3 is 14.4 Å². The molecule has 0 spiro atoms. The first-order chi connectivity index (χ1) is 14.5. The summed E-state index contributed by atoms with van der Waals surface area (Å²) in [4.78, 5) is 15.5. The van der Waals surface area contributed by atoms with Crippen LogP contribution in [0.3, 0.4) is 0 Å². The highest BCUT2D eigenvalue weighted by Gasteiger charge is 2.18. The lowest BCUT2D eigenvalue weighted by molar-refractivity contribution is 0.138. The van der Waals surface area contributed by atoms with Crippen molar-refractivity contribution in [3.8, 4) is 5.88 Å². The quantitative estimate of drug-likeness (QED) is 0.588. The lowest BCUT2D eigenvalue weighted by atomic mass is 10.1. The van der Waals surface area contributed by atoms with E-state index in [0.717, 1.165) is 30.0 Å². The minimum Gasteiger partial charge on any atom is -0.472 e. The van der Waals surface area contributed by atoms with Crippen LogP contribution < -0.4 is 9.64 Å². The Balaban J connectivity index is 1.80. The zero-order valence-corrected chi connectivity index (χ0v) is 17.8. The number of anilines is 1. The maximum Gasteiger partial charge on any atom is 0.213 e. The molecule has 0 N–H and O–H groups in total. The molecule has 7 heteroatoms. The summed E-state index contributed by atoms with van der Waals surface area (Å²) in [5, 5.41) is 0. The van der Waals surface area contributed by atoms with Gasteiger partial charge in [-0.1, -0.05) is 0 Å². The number of aromatic nitrogens is 1. The van der Waals surface area contributed by atoms with E-state index in [4.69, 9.17) is 14.5 Å². The molecular weight excluding hydrogens is 383 g/mol. The molecule has 0 bridgehead atoms. The monoisotopic (exact) mass is 412 g/mol. The molecule has 1 aliphatic heterocycles. The number of benzene rings is 1. The lowest BCUT2D eigenvalue weighted by Gasteiger charge is -2.24. The van der Waals surface area contributed by atoms with Gasteiger partial charge in [0.05, 0.1) is 32.0 Å². The summed E-state index contributed by atoms with van der Waals surface area (Å²) in [5.41, 5.74) is 2.74. The van der Waals surface area contributed by atoms with Gasteiger partial charge in [-0.05, 0) is 44.2 Å². The molecule has 6 nitrogen and oxygen atoms in total. The van der Waals surface area contributed by atoms with Crippen LogP contribution in [0.4, 0.5) is 10.1 Å². The van der Waals surface area contributed by atoms with Gasteiger partial charge in [-0.3, -0.25) is 9.98 Å². The standard InChI is InChI=1S/C23H29FN4O2/c1-17(2)27-22(15-28(12-11-25-3)20-7-5-19(24)6-8-20)18-4-9-23(26-14-18)30-21-10-13-29-16-21/h4-9,11,14,17,21H,10,12-13,15-16H2,1-3H3. The number of nitrogens with zero attached hydrogens (tertiary/aromatic N) is 4. The summed E-state index contributed by atoms with van der Waals surface area (Å²) in [6, 6.07) is 10.4. The second-order valence-electron chi connectivity index (χ2n) is 7.46. The molecule has 1 aromatic carbocycles. The van der Waals surface area contributed by atoms with Gasteiger partial charge in [0.1, 0.15) is 11.9 Å². The van der Waals surface area contributed by atoms with Crippen molar-refractivity contribution in [2.75, 3.05) is 38.3 Å². The smallest absolute Gasteiger partial charge is 0.213 e. The number of aliphatic imine (C=N–C) groups is 2.